The van der Waals surface area contributed by atoms with Crippen LogP contribution < -0.4 is 10.2 Å². The highest BCUT2D eigenvalue weighted by Crippen LogP contribution is 2.27. The Kier molecular flexibility index (Phi) is 4.36. The lowest BCUT2D eigenvalue weighted by Gasteiger charge is -2.05. The Hall–Kier alpha value is -2.07. The monoisotopic (exact) mass is 278 g/mol. The summed E-state index contributed by atoms with van der Waals surface area (Å²) < 4.78 is 18.4. The Morgan fingerprint density at radius 2 is 2.05 bits per heavy atom. The van der Waals surface area contributed by atoms with Crippen molar-refractivity contribution in [2.75, 3.05) is 12.5 Å². The van der Waals surface area contributed by atoms with Gasteiger partial charge in [0.25, 0.3) is 0 Å². The number of nitrogens with one attached hydrogen (secondary N) is 1. The maximum absolute atomic E-state index is 13.3. The minimum atomic E-state index is -0.319. The van der Waals surface area contributed by atoms with E-state index in [4.69, 9.17) is 16.3 Å². The molecule has 3 nitrogen and oxygen atoms in total. The second-order valence-electron chi connectivity index (χ2n) is 3.74. The number of nitrogens with zero attached hydrogens (tertiary/aromatic N) is 1. The van der Waals surface area contributed by atoms with Crippen molar-refractivity contribution in [1.29, 1.82) is 0 Å². The van der Waals surface area contributed by atoms with E-state index in [-0.39, 0.29) is 5.82 Å². The van der Waals surface area contributed by atoms with E-state index in [0.29, 0.717) is 22.0 Å². The molecule has 0 aliphatic heterocycles. The van der Waals surface area contributed by atoms with E-state index in [1.807, 2.05) is 0 Å². The molecule has 19 heavy (non-hydrogen) atoms. The quantitative estimate of drug-likeness (QED) is 0.679. The van der Waals surface area contributed by atoms with E-state index >= 15 is 0 Å². The minimum Gasteiger partial charge on any atom is -0.495 e. The smallest absolute Gasteiger partial charge is 0.137 e. The first-order valence-electron chi connectivity index (χ1n) is 5.58. The first kappa shape index (κ1) is 13.4. The summed E-state index contributed by atoms with van der Waals surface area (Å²) in [6.07, 6.45) is 1.41. The van der Waals surface area contributed by atoms with Gasteiger partial charge < -0.3 is 4.74 Å². The Balaban J connectivity index is 2.07. The largest absolute Gasteiger partial charge is 0.495 e. The molecule has 0 fully saturated rings. The van der Waals surface area contributed by atoms with Crippen molar-refractivity contribution in [2.24, 2.45) is 5.10 Å². The first-order valence-corrected chi connectivity index (χ1v) is 5.95. The molecule has 0 atom stereocenters. The molecule has 0 unspecified atom stereocenters. The molecule has 5 heteroatoms. The van der Waals surface area contributed by atoms with Gasteiger partial charge in [-0.1, -0.05) is 29.8 Å². The Labute approximate surface area is 115 Å². The number of hydrogen-bond donors (Lipinski definition) is 1. The van der Waals surface area contributed by atoms with Gasteiger partial charge in [-0.05, 0) is 24.3 Å². The third-order valence-electron chi connectivity index (χ3n) is 2.45. The molecule has 0 bridgehead atoms. The molecule has 0 aliphatic carbocycles. The molecule has 2 aromatic rings. The number of hydrazone groups is 1. The van der Waals surface area contributed by atoms with E-state index in [9.17, 15) is 4.39 Å². The van der Waals surface area contributed by atoms with Gasteiger partial charge in [-0.15, -0.1) is 0 Å². The van der Waals surface area contributed by atoms with E-state index in [1.165, 1.54) is 12.3 Å². The van der Waals surface area contributed by atoms with Crippen LogP contribution in [-0.4, -0.2) is 13.3 Å². The maximum atomic E-state index is 13.3. The summed E-state index contributed by atoms with van der Waals surface area (Å²) >= 11 is 5.97. The molecule has 98 valence electrons. The van der Waals surface area contributed by atoms with Crippen molar-refractivity contribution in [3.8, 4) is 5.75 Å². The molecule has 1 N–H and O–H groups in total. The van der Waals surface area contributed by atoms with Gasteiger partial charge in [0, 0.05) is 5.56 Å². The second-order valence-corrected chi connectivity index (χ2v) is 4.15. The average Bonchev–Trinajstić information content (AvgIpc) is 2.41. The number of rotatable bonds is 4. The van der Waals surface area contributed by atoms with Crippen LogP contribution in [0.15, 0.2) is 47.6 Å². The number of benzene rings is 2. The zero-order valence-electron chi connectivity index (χ0n) is 10.2. The molecule has 0 aromatic heterocycles. The van der Waals surface area contributed by atoms with Crippen LogP contribution in [0.5, 0.6) is 5.75 Å². The van der Waals surface area contributed by atoms with Gasteiger partial charge in [-0.25, -0.2) is 4.39 Å². The summed E-state index contributed by atoms with van der Waals surface area (Å²) in [5.74, 6) is 0.270. The fraction of sp³-hybridized carbons (Fsp3) is 0.0714. The summed E-state index contributed by atoms with van der Waals surface area (Å²) in [7, 11) is 1.55. The van der Waals surface area contributed by atoms with Gasteiger partial charge in [0.15, 0.2) is 0 Å². The normalized spacial score (nSPS) is 10.7. The van der Waals surface area contributed by atoms with E-state index < -0.39 is 0 Å². The predicted octanol–water partition coefficient (Wildman–Crippen LogP) is 3.93. The fourth-order valence-corrected chi connectivity index (χ4v) is 1.75. The van der Waals surface area contributed by atoms with Crippen LogP contribution in [0.1, 0.15) is 5.56 Å². The number of hydrogen-bond acceptors (Lipinski definition) is 3. The summed E-state index contributed by atoms with van der Waals surface area (Å²) in [6.45, 7) is 0. The lowest BCUT2D eigenvalue weighted by molar-refractivity contribution is 0.415. The molecule has 0 heterocycles. The highest BCUT2D eigenvalue weighted by Gasteiger charge is 2.01. The van der Waals surface area contributed by atoms with Crippen molar-refractivity contribution in [3.05, 3.63) is 58.9 Å². The van der Waals surface area contributed by atoms with Crippen LogP contribution in [-0.2, 0) is 0 Å². The molecule has 0 aliphatic rings. The Morgan fingerprint density at radius 1 is 1.26 bits per heavy atom. The minimum absolute atomic E-state index is 0.319. The van der Waals surface area contributed by atoms with Crippen LogP contribution in [0.3, 0.4) is 0 Å². The van der Waals surface area contributed by atoms with Gasteiger partial charge >= 0.3 is 0 Å². The van der Waals surface area contributed by atoms with Crippen LogP contribution in [0, 0.1) is 5.82 Å². The molecule has 0 amide bonds. The topological polar surface area (TPSA) is 33.6 Å². The summed E-state index contributed by atoms with van der Waals surface area (Å²) in [6, 6.07) is 11.6. The lowest BCUT2D eigenvalue weighted by Crippen LogP contribution is -1.93. The number of ether oxygens (including phenoxy) is 1. The van der Waals surface area contributed by atoms with Gasteiger partial charge in [0.05, 0.1) is 24.0 Å². The number of anilines is 1. The predicted molar refractivity (Wildman–Crippen MR) is 75.6 cm³/mol. The molecule has 2 aromatic carbocycles. The third-order valence-corrected chi connectivity index (χ3v) is 2.75. The van der Waals surface area contributed by atoms with Gasteiger partial charge in [-0.2, -0.15) is 5.10 Å². The standard InChI is InChI=1S/C14H12ClFN2O/c1-19-14-7-6-11(8-12(14)15)18-17-9-10-4-2-3-5-13(10)16/h2-9,18H,1H3/b17-9+. The summed E-state index contributed by atoms with van der Waals surface area (Å²) in [4.78, 5) is 0. The van der Waals surface area contributed by atoms with Crippen LogP contribution in [0.25, 0.3) is 0 Å². The third kappa shape index (κ3) is 3.45. The average molecular weight is 279 g/mol. The van der Waals surface area contributed by atoms with Gasteiger partial charge in [0.2, 0.25) is 0 Å². The summed E-state index contributed by atoms with van der Waals surface area (Å²) in [5, 5.41) is 4.44. The SMILES string of the molecule is COc1ccc(N/N=C/c2ccccc2F)cc1Cl. The lowest BCUT2D eigenvalue weighted by atomic mass is 10.2. The number of halogens is 2. The molecule has 0 spiro atoms. The molecular formula is C14H12ClFN2O. The van der Waals surface area contributed by atoms with Gasteiger partial charge in [-0.3, -0.25) is 5.43 Å². The Bertz CT molecular complexity index is 602. The summed E-state index contributed by atoms with van der Waals surface area (Å²) in [5.41, 5.74) is 3.88. The molecular weight excluding hydrogens is 267 g/mol. The van der Waals surface area contributed by atoms with Crippen molar-refractivity contribution in [3.63, 3.8) is 0 Å². The first-order chi connectivity index (χ1) is 9.20. The molecule has 0 saturated heterocycles. The van der Waals surface area contributed by atoms with Crippen molar-refractivity contribution < 1.29 is 9.13 Å². The second kappa shape index (κ2) is 6.20. The van der Waals surface area contributed by atoms with Crippen molar-refractivity contribution in [1.82, 2.24) is 0 Å². The van der Waals surface area contributed by atoms with E-state index in [1.54, 1.807) is 43.5 Å². The highest BCUT2D eigenvalue weighted by molar-refractivity contribution is 6.32. The Morgan fingerprint density at radius 3 is 2.74 bits per heavy atom. The zero-order valence-corrected chi connectivity index (χ0v) is 11.0. The number of methoxy groups -OCH3 is 1. The van der Waals surface area contributed by atoms with Crippen LogP contribution in [0.4, 0.5) is 10.1 Å². The fourth-order valence-electron chi connectivity index (χ4n) is 1.49. The molecule has 0 radical (unpaired) electrons. The van der Waals surface area contributed by atoms with E-state index in [2.05, 4.69) is 10.5 Å². The van der Waals surface area contributed by atoms with E-state index in [0.717, 1.165) is 0 Å². The molecule has 0 saturated carbocycles. The van der Waals surface area contributed by atoms with Crippen molar-refractivity contribution >= 4 is 23.5 Å². The highest BCUT2D eigenvalue weighted by atomic mass is 35.5. The molecule has 2 rings (SSSR count). The van der Waals surface area contributed by atoms with Gasteiger partial charge in [0.1, 0.15) is 11.6 Å². The van der Waals surface area contributed by atoms with Crippen LogP contribution in [0.2, 0.25) is 5.02 Å². The van der Waals surface area contributed by atoms with Crippen molar-refractivity contribution in [2.45, 2.75) is 0 Å². The zero-order chi connectivity index (χ0) is 13.7. The van der Waals surface area contributed by atoms with Crippen LogP contribution >= 0.6 is 11.6 Å². The maximum Gasteiger partial charge on any atom is 0.137 e.